The summed E-state index contributed by atoms with van der Waals surface area (Å²) in [5.74, 6) is -0.643. The van der Waals surface area contributed by atoms with Crippen molar-refractivity contribution in [3.05, 3.63) is 22.7 Å². The molecule has 11 nitrogen and oxygen atoms in total. The van der Waals surface area contributed by atoms with Gasteiger partial charge in [-0.15, -0.1) is 4.52 Å². The largest absolute Gasteiger partial charge is 0.613 e. The van der Waals surface area contributed by atoms with Crippen LogP contribution in [0.4, 0.5) is 10.2 Å². The predicted octanol–water partition coefficient (Wildman–Crippen LogP) is 0.663. The lowest BCUT2D eigenvalue weighted by Gasteiger charge is -2.24. The van der Waals surface area contributed by atoms with Crippen molar-refractivity contribution in [3.8, 4) is 0 Å². The van der Waals surface area contributed by atoms with E-state index in [0.717, 1.165) is 4.57 Å². The molecule has 1 aromatic heterocycles. The summed E-state index contributed by atoms with van der Waals surface area (Å²) >= 11 is 0. The van der Waals surface area contributed by atoms with Gasteiger partial charge in [-0.2, -0.15) is 4.98 Å². The molecule has 4 N–H and O–H groups in total. The molecule has 0 saturated heterocycles. The first kappa shape index (κ1) is 25.1. The fourth-order valence-electron chi connectivity index (χ4n) is 2.04. The number of esters is 1. The summed E-state index contributed by atoms with van der Waals surface area (Å²) < 4.78 is 41.8. The van der Waals surface area contributed by atoms with Crippen molar-refractivity contribution in [2.24, 2.45) is 0 Å². The summed E-state index contributed by atoms with van der Waals surface area (Å²) in [7, 11) is -2.51. The van der Waals surface area contributed by atoms with Crippen LogP contribution in [-0.2, 0) is 23.4 Å². The van der Waals surface area contributed by atoms with Gasteiger partial charge < -0.3 is 20.3 Å². The van der Waals surface area contributed by atoms with Crippen molar-refractivity contribution in [2.45, 2.75) is 58.3 Å². The van der Waals surface area contributed by atoms with Crippen LogP contribution in [0.1, 0.15) is 33.9 Å². The molecule has 0 aliphatic rings. The van der Waals surface area contributed by atoms with Gasteiger partial charge in [0.2, 0.25) is 0 Å². The molecule has 0 aliphatic carbocycles. The number of aromatic nitrogens is 2. The zero-order chi connectivity index (χ0) is 22.1. The Bertz CT molecular complexity index is 746. The topological polar surface area (TPSA) is 155 Å². The van der Waals surface area contributed by atoms with Crippen LogP contribution < -0.4 is 16.5 Å². The van der Waals surface area contributed by atoms with Crippen LogP contribution >= 0.6 is 8.18 Å². The number of carbonyl (C=O) groups excluding carboxylic acids is 1. The lowest BCUT2D eigenvalue weighted by atomic mass is 10.2. The number of nitrogens with one attached hydrogen (secondary N) is 1. The second kappa shape index (κ2) is 11.9. The quantitative estimate of drug-likeness (QED) is 0.314. The van der Waals surface area contributed by atoms with E-state index >= 15 is 0 Å². The third-order valence-corrected chi connectivity index (χ3v) is 4.51. The number of halogens is 1. The highest BCUT2D eigenvalue weighted by molar-refractivity contribution is 7.36. The first-order valence-corrected chi connectivity index (χ1v) is 10.0. The Hall–Kier alpha value is -1.98. The van der Waals surface area contributed by atoms with Gasteiger partial charge in [0, 0.05) is 6.20 Å². The van der Waals surface area contributed by atoms with Crippen molar-refractivity contribution in [1.29, 1.82) is 0 Å². The van der Waals surface area contributed by atoms with E-state index in [9.17, 15) is 23.7 Å². The summed E-state index contributed by atoms with van der Waals surface area (Å²) in [4.78, 5) is 27.0. The van der Waals surface area contributed by atoms with Crippen LogP contribution in [0.2, 0.25) is 0 Å². The van der Waals surface area contributed by atoms with Crippen LogP contribution in [0, 0.1) is 0 Å². The molecule has 1 rings (SSSR count). The highest BCUT2D eigenvalue weighted by Gasteiger charge is 2.31. The van der Waals surface area contributed by atoms with Crippen molar-refractivity contribution >= 4 is 20.0 Å². The van der Waals surface area contributed by atoms with Crippen molar-refractivity contribution < 1.29 is 32.9 Å². The highest BCUT2D eigenvalue weighted by atomic mass is 31.1. The predicted molar refractivity (Wildman–Crippen MR) is 102 cm³/mol. The molecule has 0 amide bonds. The van der Waals surface area contributed by atoms with Crippen molar-refractivity contribution in [1.82, 2.24) is 14.6 Å². The minimum Gasteiger partial charge on any atom is -0.462 e. The first-order chi connectivity index (χ1) is 13.5. The second-order valence-electron chi connectivity index (χ2n) is 6.46. The molecule has 0 bridgehead atoms. The number of anilines is 1. The minimum atomic E-state index is -2.51. The Morgan fingerprint density at radius 2 is 2.07 bits per heavy atom. The zero-order valence-electron chi connectivity index (χ0n) is 16.6. The maximum Gasteiger partial charge on any atom is 0.613 e. The Labute approximate surface area is 168 Å². The number of carbonyl (C=O) groups is 1. The smallest absolute Gasteiger partial charge is 0.462 e. The summed E-state index contributed by atoms with van der Waals surface area (Å²) in [6.45, 7) is 4.65. The van der Waals surface area contributed by atoms with Gasteiger partial charge in [0.1, 0.15) is 31.2 Å². The fourth-order valence-corrected chi connectivity index (χ4v) is 2.82. The van der Waals surface area contributed by atoms with E-state index < -0.39 is 57.6 Å². The molecule has 1 unspecified atom stereocenters. The normalized spacial score (nSPS) is 16.2. The van der Waals surface area contributed by atoms with Gasteiger partial charge >= 0.3 is 19.8 Å². The van der Waals surface area contributed by atoms with Crippen LogP contribution in [0.5, 0.6) is 0 Å². The molecule has 0 fully saturated rings. The lowest BCUT2D eigenvalue weighted by molar-refractivity contribution is -0.149. The summed E-state index contributed by atoms with van der Waals surface area (Å²) in [5.41, 5.74) is 4.57. The molecule has 13 heteroatoms. The van der Waals surface area contributed by atoms with E-state index in [4.69, 9.17) is 19.7 Å². The Balaban J connectivity index is 2.69. The third-order valence-electron chi connectivity index (χ3n) is 3.52. The van der Waals surface area contributed by atoms with Gasteiger partial charge in [-0.25, -0.2) is 9.18 Å². The average molecular weight is 437 g/mol. The van der Waals surface area contributed by atoms with Crippen molar-refractivity contribution in [2.75, 3.05) is 19.0 Å². The zero-order valence-corrected chi connectivity index (χ0v) is 17.5. The maximum atomic E-state index is 13.4. The van der Waals surface area contributed by atoms with E-state index in [2.05, 4.69) is 10.1 Å². The van der Waals surface area contributed by atoms with Crippen LogP contribution in [0.15, 0.2) is 17.1 Å². The molecular formula is C16H27FN4O7P+. The molecule has 5 atom stereocenters. The number of aliphatic hydroxyl groups excluding tert-OH is 1. The number of aliphatic hydroxyl groups is 1. The summed E-state index contributed by atoms with van der Waals surface area (Å²) in [5, 5.41) is 12.3. The van der Waals surface area contributed by atoms with E-state index in [1.807, 2.05) is 0 Å². The summed E-state index contributed by atoms with van der Waals surface area (Å²) in [6.07, 6.45) is -2.79. The number of hydrogen-bond donors (Lipinski definition) is 3. The maximum absolute atomic E-state index is 13.4. The molecule has 0 aliphatic heterocycles. The number of hydrogen-bond acceptors (Lipinski definition) is 9. The highest BCUT2D eigenvalue weighted by Crippen LogP contribution is 2.21. The first-order valence-electron chi connectivity index (χ1n) is 8.86. The number of ether oxygens (including phenoxy) is 2. The molecular weight excluding hydrogens is 410 g/mol. The van der Waals surface area contributed by atoms with E-state index in [1.165, 1.54) is 26.1 Å². The number of nitrogens with two attached hydrogens (primary N) is 1. The molecule has 29 heavy (non-hydrogen) atoms. The standard InChI is InChI=1S/C16H26FN4O7P/c1-9(2)27-15(23)10(3)20-29(25)26-8-12(11(4)22)28-14(7-17)21-6-5-13(18)19-16(21)24/h5-6,9-12,14,22H,7-8H2,1-4H3,(H2-,18,19,20,24,25)/p+1/t10-,11-,12+,14+/m0/s1. The Morgan fingerprint density at radius 3 is 2.59 bits per heavy atom. The minimum absolute atomic E-state index is 0.0348. The number of rotatable bonds is 12. The SMILES string of the molecule is CC(C)OC(=O)[C@H](C)N[P+](=O)OC[C@@H](O[C@H](CF)n1ccc(N)nc1=O)[C@H](C)O. The summed E-state index contributed by atoms with van der Waals surface area (Å²) in [6, 6.07) is 0.393. The molecule has 0 radical (unpaired) electrons. The van der Waals surface area contributed by atoms with Crippen molar-refractivity contribution in [3.63, 3.8) is 0 Å². The monoisotopic (exact) mass is 437 g/mol. The third kappa shape index (κ3) is 8.50. The van der Waals surface area contributed by atoms with Crippen LogP contribution in [0.25, 0.3) is 0 Å². The number of alkyl halides is 1. The lowest BCUT2D eigenvalue weighted by Crippen LogP contribution is -2.38. The number of nitrogens with zero attached hydrogens (tertiary/aromatic N) is 2. The molecule has 164 valence electrons. The second-order valence-corrected chi connectivity index (χ2v) is 7.49. The van der Waals surface area contributed by atoms with E-state index in [0.29, 0.717) is 0 Å². The molecule has 1 heterocycles. The van der Waals surface area contributed by atoms with Gasteiger partial charge in [-0.1, -0.05) is 5.09 Å². The van der Waals surface area contributed by atoms with Crippen LogP contribution in [-0.4, -0.2) is 58.3 Å². The van der Waals surface area contributed by atoms with E-state index in [1.54, 1.807) is 13.8 Å². The molecule has 0 saturated carbocycles. The van der Waals surface area contributed by atoms with Gasteiger partial charge in [-0.3, -0.25) is 9.36 Å². The van der Waals surface area contributed by atoms with Crippen LogP contribution in [0.3, 0.4) is 0 Å². The van der Waals surface area contributed by atoms with Gasteiger partial charge in [0.05, 0.1) is 12.2 Å². The molecule has 1 aromatic rings. The Morgan fingerprint density at radius 1 is 1.41 bits per heavy atom. The van der Waals surface area contributed by atoms with Gasteiger partial charge in [0.15, 0.2) is 6.23 Å². The average Bonchev–Trinajstić information content (AvgIpc) is 2.61. The molecule has 0 aromatic carbocycles. The Kier molecular flexibility index (Phi) is 10.3. The number of nitrogen functional groups attached to an aromatic ring is 1. The van der Waals surface area contributed by atoms with Gasteiger partial charge in [-0.05, 0) is 38.3 Å². The molecule has 0 spiro atoms. The van der Waals surface area contributed by atoms with E-state index in [-0.39, 0.29) is 11.9 Å². The van der Waals surface area contributed by atoms with Gasteiger partial charge in [0.25, 0.3) is 0 Å². The fraction of sp³-hybridized carbons (Fsp3) is 0.688.